The third-order valence-electron chi connectivity index (χ3n) is 2.70. The Bertz CT molecular complexity index is 186. The van der Waals surface area contributed by atoms with Crippen molar-refractivity contribution in [3.63, 3.8) is 0 Å². The highest BCUT2D eigenvalue weighted by molar-refractivity contribution is 5.79. The average Bonchev–Trinajstić information content (AvgIpc) is 2.25. The standard InChI is InChI=1S/C12H26N2O2/c1-4-5-6-7-8-10(2)16-9-11(14-3)12(13)15/h10-11,14H,4-9H2,1-3H3,(H2,13,15). The first-order valence-electron chi connectivity index (χ1n) is 6.20. The molecule has 0 aromatic rings. The van der Waals surface area contributed by atoms with Gasteiger partial charge in [-0.1, -0.05) is 32.6 Å². The van der Waals surface area contributed by atoms with E-state index in [9.17, 15) is 4.79 Å². The fourth-order valence-corrected chi connectivity index (χ4v) is 1.51. The minimum absolute atomic E-state index is 0.201. The zero-order chi connectivity index (χ0) is 12.4. The smallest absolute Gasteiger partial charge is 0.236 e. The monoisotopic (exact) mass is 230 g/mol. The van der Waals surface area contributed by atoms with Crippen LogP contribution in [0.3, 0.4) is 0 Å². The van der Waals surface area contributed by atoms with Gasteiger partial charge in [-0.25, -0.2) is 0 Å². The molecule has 0 rings (SSSR count). The second-order valence-electron chi connectivity index (χ2n) is 4.24. The van der Waals surface area contributed by atoms with Crippen molar-refractivity contribution >= 4 is 5.91 Å². The zero-order valence-electron chi connectivity index (χ0n) is 10.8. The molecule has 3 N–H and O–H groups in total. The van der Waals surface area contributed by atoms with Crippen LogP contribution in [0.4, 0.5) is 0 Å². The fourth-order valence-electron chi connectivity index (χ4n) is 1.51. The topological polar surface area (TPSA) is 64.3 Å². The van der Waals surface area contributed by atoms with Crippen molar-refractivity contribution in [3.05, 3.63) is 0 Å². The molecule has 96 valence electrons. The number of unbranched alkanes of at least 4 members (excludes halogenated alkanes) is 3. The lowest BCUT2D eigenvalue weighted by atomic mass is 10.1. The van der Waals surface area contributed by atoms with Crippen molar-refractivity contribution < 1.29 is 9.53 Å². The summed E-state index contributed by atoms with van der Waals surface area (Å²) in [7, 11) is 1.71. The molecule has 0 radical (unpaired) electrons. The minimum atomic E-state index is -0.377. The summed E-state index contributed by atoms with van der Waals surface area (Å²) >= 11 is 0. The number of carbonyl (C=O) groups excluding carboxylic acids is 1. The van der Waals surface area contributed by atoms with Gasteiger partial charge in [0.25, 0.3) is 0 Å². The van der Waals surface area contributed by atoms with Crippen molar-refractivity contribution in [2.75, 3.05) is 13.7 Å². The molecule has 16 heavy (non-hydrogen) atoms. The fraction of sp³-hybridized carbons (Fsp3) is 0.917. The highest BCUT2D eigenvalue weighted by Crippen LogP contribution is 2.08. The summed E-state index contributed by atoms with van der Waals surface area (Å²) in [6.45, 7) is 4.60. The van der Waals surface area contributed by atoms with Gasteiger partial charge in [0.2, 0.25) is 5.91 Å². The first-order valence-corrected chi connectivity index (χ1v) is 6.20. The molecule has 0 aliphatic carbocycles. The van der Waals surface area contributed by atoms with Gasteiger partial charge in [0, 0.05) is 0 Å². The number of hydrogen-bond acceptors (Lipinski definition) is 3. The highest BCUT2D eigenvalue weighted by atomic mass is 16.5. The molecule has 0 aliphatic rings. The molecule has 0 heterocycles. The van der Waals surface area contributed by atoms with Gasteiger partial charge in [-0.2, -0.15) is 0 Å². The second kappa shape index (κ2) is 9.60. The summed E-state index contributed by atoms with van der Waals surface area (Å²) < 4.78 is 5.57. The van der Waals surface area contributed by atoms with Crippen LogP contribution < -0.4 is 11.1 Å². The SMILES string of the molecule is CCCCCCC(C)OCC(NC)C(N)=O. The molecule has 0 aliphatic heterocycles. The minimum Gasteiger partial charge on any atom is -0.376 e. The van der Waals surface area contributed by atoms with Crippen molar-refractivity contribution in [2.24, 2.45) is 5.73 Å². The number of amides is 1. The molecule has 0 fully saturated rings. The normalized spacial score (nSPS) is 14.7. The van der Waals surface area contributed by atoms with Crippen LogP contribution in [0.15, 0.2) is 0 Å². The van der Waals surface area contributed by atoms with E-state index in [1.54, 1.807) is 7.05 Å². The van der Waals surface area contributed by atoms with Crippen molar-refractivity contribution in [3.8, 4) is 0 Å². The predicted octanol–water partition coefficient (Wildman–Crippen LogP) is 1.44. The molecule has 4 heteroatoms. The maximum Gasteiger partial charge on any atom is 0.236 e. The van der Waals surface area contributed by atoms with Crippen LogP contribution in [-0.4, -0.2) is 31.7 Å². The third kappa shape index (κ3) is 7.65. The van der Waals surface area contributed by atoms with Gasteiger partial charge in [-0.05, 0) is 20.4 Å². The summed E-state index contributed by atoms with van der Waals surface area (Å²) in [5, 5.41) is 2.83. The van der Waals surface area contributed by atoms with E-state index in [0.29, 0.717) is 6.61 Å². The van der Waals surface area contributed by atoms with E-state index in [1.165, 1.54) is 25.7 Å². The Balaban J connectivity index is 3.55. The molecule has 0 spiro atoms. The number of likely N-dealkylation sites (N-methyl/N-ethyl adjacent to an activating group) is 1. The maximum absolute atomic E-state index is 10.9. The Labute approximate surface area is 98.9 Å². The Morgan fingerprint density at radius 1 is 1.38 bits per heavy atom. The summed E-state index contributed by atoms with van der Waals surface area (Å²) in [4.78, 5) is 10.9. The molecule has 1 amide bonds. The summed E-state index contributed by atoms with van der Waals surface area (Å²) in [5.74, 6) is -0.360. The molecule has 0 aromatic carbocycles. The van der Waals surface area contributed by atoms with E-state index in [0.717, 1.165) is 6.42 Å². The van der Waals surface area contributed by atoms with Gasteiger partial charge in [0.05, 0.1) is 12.7 Å². The number of nitrogens with one attached hydrogen (secondary N) is 1. The van der Waals surface area contributed by atoms with Crippen LogP contribution in [0.2, 0.25) is 0 Å². The molecule has 4 nitrogen and oxygen atoms in total. The number of carbonyl (C=O) groups is 1. The Hall–Kier alpha value is -0.610. The number of nitrogens with two attached hydrogens (primary N) is 1. The van der Waals surface area contributed by atoms with Gasteiger partial charge < -0.3 is 15.8 Å². The van der Waals surface area contributed by atoms with Crippen LogP contribution in [-0.2, 0) is 9.53 Å². The van der Waals surface area contributed by atoms with Gasteiger partial charge >= 0.3 is 0 Å². The van der Waals surface area contributed by atoms with Gasteiger partial charge in [0.15, 0.2) is 0 Å². The molecule has 2 unspecified atom stereocenters. The summed E-state index contributed by atoms with van der Waals surface area (Å²) in [5.41, 5.74) is 5.19. The summed E-state index contributed by atoms with van der Waals surface area (Å²) in [6.07, 6.45) is 6.24. The van der Waals surface area contributed by atoms with E-state index < -0.39 is 0 Å². The largest absolute Gasteiger partial charge is 0.376 e. The quantitative estimate of drug-likeness (QED) is 0.558. The number of hydrogen-bond donors (Lipinski definition) is 2. The molecule has 0 saturated carbocycles. The third-order valence-corrected chi connectivity index (χ3v) is 2.70. The zero-order valence-corrected chi connectivity index (χ0v) is 10.8. The molecule has 2 atom stereocenters. The van der Waals surface area contributed by atoms with Crippen molar-refractivity contribution in [2.45, 2.75) is 58.1 Å². The molecular weight excluding hydrogens is 204 g/mol. The summed E-state index contributed by atoms with van der Waals surface area (Å²) in [6, 6.07) is -0.377. The highest BCUT2D eigenvalue weighted by Gasteiger charge is 2.14. The lowest BCUT2D eigenvalue weighted by Crippen LogP contribution is -2.43. The molecular formula is C12H26N2O2. The Kier molecular flexibility index (Phi) is 9.24. The van der Waals surface area contributed by atoms with Crippen LogP contribution in [0.1, 0.15) is 46.0 Å². The Morgan fingerprint density at radius 2 is 2.06 bits per heavy atom. The van der Waals surface area contributed by atoms with Crippen molar-refractivity contribution in [1.82, 2.24) is 5.32 Å². The number of primary amides is 1. The predicted molar refractivity (Wildman–Crippen MR) is 66.2 cm³/mol. The van der Waals surface area contributed by atoms with Crippen LogP contribution >= 0.6 is 0 Å². The lowest BCUT2D eigenvalue weighted by molar-refractivity contribution is -0.121. The lowest BCUT2D eigenvalue weighted by Gasteiger charge is -2.17. The maximum atomic E-state index is 10.9. The van der Waals surface area contributed by atoms with E-state index >= 15 is 0 Å². The average molecular weight is 230 g/mol. The van der Waals surface area contributed by atoms with Gasteiger partial charge in [-0.15, -0.1) is 0 Å². The van der Waals surface area contributed by atoms with E-state index in [2.05, 4.69) is 12.2 Å². The van der Waals surface area contributed by atoms with Gasteiger partial charge in [-0.3, -0.25) is 4.79 Å². The van der Waals surface area contributed by atoms with Crippen LogP contribution in [0, 0.1) is 0 Å². The van der Waals surface area contributed by atoms with Crippen LogP contribution in [0.5, 0.6) is 0 Å². The van der Waals surface area contributed by atoms with Gasteiger partial charge in [0.1, 0.15) is 6.04 Å². The van der Waals surface area contributed by atoms with Crippen LogP contribution in [0.25, 0.3) is 0 Å². The number of ether oxygens (including phenoxy) is 1. The van der Waals surface area contributed by atoms with E-state index in [-0.39, 0.29) is 18.1 Å². The molecule has 0 saturated heterocycles. The first-order chi connectivity index (χ1) is 7.61. The molecule has 0 bridgehead atoms. The van der Waals surface area contributed by atoms with Crippen molar-refractivity contribution in [1.29, 1.82) is 0 Å². The molecule has 0 aromatic heterocycles. The van der Waals surface area contributed by atoms with E-state index in [1.807, 2.05) is 6.92 Å². The number of rotatable bonds is 10. The first kappa shape index (κ1) is 15.4. The van der Waals surface area contributed by atoms with E-state index in [4.69, 9.17) is 10.5 Å². The Morgan fingerprint density at radius 3 is 2.56 bits per heavy atom. The second-order valence-corrected chi connectivity index (χ2v) is 4.24.